The Morgan fingerprint density at radius 3 is 2.65 bits per heavy atom. The van der Waals surface area contributed by atoms with Crippen LogP contribution in [0.2, 0.25) is 0 Å². The van der Waals surface area contributed by atoms with Crippen LogP contribution < -0.4 is 10.1 Å². The lowest BCUT2D eigenvalue weighted by atomic mass is 10.1. The highest BCUT2D eigenvalue weighted by molar-refractivity contribution is 5.80. The lowest BCUT2D eigenvalue weighted by Gasteiger charge is -2.17. The van der Waals surface area contributed by atoms with E-state index < -0.39 is 17.1 Å². The average molecular weight is 282 g/mol. The smallest absolute Gasteiger partial charge is 0.270 e. The number of nitrogens with one attached hydrogen (secondary N) is 1. The lowest BCUT2D eigenvalue weighted by Crippen LogP contribution is -2.36. The third-order valence-electron chi connectivity index (χ3n) is 2.68. The maximum atomic E-state index is 11.6. The number of carbonyl (C=O) groups excluding carboxylic acids is 1. The highest BCUT2D eigenvalue weighted by Crippen LogP contribution is 2.30. The molecule has 7 heteroatoms. The van der Waals surface area contributed by atoms with E-state index in [1.165, 1.54) is 25.1 Å². The zero-order chi connectivity index (χ0) is 15.3. The van der Waals surface area contributed by atoms with E-state index >= 15 is 0 Å². The van der Waals surface area contributed by atoms with Gasteiger partial charge in [0.15, 0.2) is 6.10 Å². The monoisotopic (exact) mass is 282 g/mol. The average Bonchev–Trinajstić information content (AvgIpc) is 2.38. The third kappa shape index (κ3) is 3.92. The van der Waals surface area contributed by atoms with Gasteiger partial charge < -0.3 is 15.2 Å². The van der Waals surface area contributed by atoms with Gasteiger partial charge in [-0.25, -0.2) is 0 Å². The van der Waals surface area contributed by atoms with E-state index in [1.54, 1.807) is 13.8 Å². The first-order valence-electron chi connectivity index (χ1n) is 6.27. The summed E-state index contributed by atoms with van der Waals surface area (Å²) in [5, 5.41) is 23.0. The number of likely N-dealkylation sites (N-methyl/N-ethyl adjacent to an activating group) is 1. The Labute approximate surface area is 116 Å². The van der Waals surface area contributed by atoms with Crippen molar-refractivity contribution < 1.29 is 19.6 Å². The molecule has 110 valence electrons. The number of hydrogen-bond donors (Lipinski definition) is 2. The standard InChI is InChI=1S/C13H18N2O5/c1-4-14-13(17)9(3)20-12-6-5-10(15(18)19)7-11(12)8(2)16/h5-9,16H,4H2,1-3H3,(H,14,17)/t8-,9?/m0/s1. The van der Waals surface area contributed by atoms with Crippen LogP contribution in [0.1, 0.15) is 32.4 Å². The Morgan fingerprint density at radius 1 is 1.50 bits per heavy atom. The Morgan fingerprint density at radius 2 is 2.15 bits per heavy atom. The first-order chi connectivity index (χ1) is 9.36. The maximum absolute atomic E-state index is 11.6. The fourth-order valence-corrected chi connectivity index (χ4v) is 1.65. The molecule has 1 rings (SSSR count). The minimum atomic E-state index is -0.939. The Hall–Kier alpha value is -2.15. The van der Waals surface area contributed by atoms with Gasteiger partial charge in [-0.3, -0.25) is 14.9 Å². The normalized spacial score (nSPS) is 13.4. The highest BCUT2D eigenvalue weighted by Gasteiger charge is 2.19. The molecule has 2 atom stereocenters. The van der Waals surface area contributed by atoms with Gasteiger partial charge in [-0.1, -0.05) is 0 Å². The molecule has 0 radical (unpaired) electrons. The first kappa shape index (κ1) is 15.9. The quantitative estimate of drug-likeness (QED) is 0.609. The van der Waals surface area contributed by atoms with E-state index in [0.717, 1.165) is 0 Å². The van der Waals surface area contributed by atoms with Crippen molar-refractivity contribution in [2.45, 2.75) is 33.0 Å². The van der Waals surface area contributed by atoms with E-state index in [1.807, 2.05) is 0 Å². The number of ether oxygens (including phenoxy) is 1. The van der Waals surface area contributed by atoms with Crippen molar-refractivity contribution in [3.05, 3.63) is 33.9 Å². The SMILES string of the molecule is CCNC(=O)C(C)Oc1ccc([N+](=O)[O-])cc1[C@H](C)O. The Bertz CT molecular complexity index is 502. The minimum Gasteiger partial charge on any atom is -0.481 e. The van der Waals surface area contributed by atoms with Crippen molar-refractivity contribution in [3.8, 4) is 5.75 Å². The van der Waals surface area contributed by atoms with Crippen LogP contribution in [0, 0.1) is 10.1 Å². The van der Waals surface area contributed by atoms with Gasteiger partial charge in [-0.05, 0) is 26.8 Å². The Balaban J connectivity index is 3.00. The number of non-ortho nitro benzene ring substituents is 1. The molecule has 0 aliphatic heterocycles. The molecule has 0 heterocycles. The van der Waals surface area contributed by atoms with E-state index in [2.05, 4.69) is 5.32 Å². The molecule has 0 saturated heterocycles. The van der Waals surface area contributed by atoms with Crippen LogP contribution in [-0.2, 0) is 4.79 Å². The number of nitro groups is 1. The summed E-state index contributed by atoms with van der Waals surface area (Å²) in [6, 6.07) is 3.89. The zero-order valence-corrected chi connectivity index (χ0v) is 11.6. The van der Waals surface area contributed by atoms with Gasteiger partial charge in [0, 0.05) is 24.2 Å². The molecule has 0 aromatic heterocycles. The minimum absolute atomic E-state index is 0.140. The number of aliphatic hydroxyl groups excluding tert-OH is 1. The summed E-state index contributed by atoms with van der Waals surface area (Å²) < 4.78 is 5.46. The van der Waals surface area contributed by atoms with Crippen molar-refractivity contribution in [2.75, 3.05) is 6.54 Å². The maximum Gasteiger partial charge on any atom is 0.270 e. The third-order valence-corrected chi connectivity index (χ3v) is 2.68. The molecular formula is C13H18N2O5. The van der Waals surface area contributed by atoms with E-state index in [9.17, 15) is 20.0 Å². The molecule has 0 aliphatic carbocycles. The van der Waals surface area contributed by atoms with Crippen LogP contribution in [0.3, 0.4) is 0 Å². The molecule has 0 aliphatic rings. The van der Waals surface area contributed by atoms with E-state index in [0.29, 0.717) is 6.54 Å². The van der Waals surface area contributed by atoms with Crippen molar-refractivity contribution >= 4 is 11.6 Å². The molecule has 1 aromatic rings. The van der Waals surface area contributed by atoms with E-state index in [4.69, 9.17) is 4.74 Å². The first-order valence-corrected chi connectivity index (χ1v) is 6.27. The molecule has 0 fully saturated rings. The fraction of sp³-hybridized carbons (Fsp3) is 0.462. The predicted molar refractivity (Wildman–Crippen MR) is 72.5 cm³/mol. The number of nitro benzene ring substituents is 1. The number of carbonyl (C=O) groups is 1. The number of hydrogen-bond acceptors (Lipinski definition) is 5. The van der Waals surface area contributed by atoms with Crippen LogP contribution in [0.5, 0.6) is 5.75 Å². The van der Waals surface area contributed by atoms with Crippen molar-refractivity contribution in [1.29, 1.82) is 0 Å². The summed E-state index contributed by atoms with van der Waals surface area (Å²) in [7, 11) is 0. The molecule has 0 bridgehead atoms. The number of rotatable bonds is 6. The molecule has 20 heavy (non-hydrogen) atoms. The molecule has 1 amide bonds. The van der Waals surface area contributed by atoms with Gasteiger partial charge in [0.25, 0.3) is 11.6 Å². The number of nitrogens with zero attached hydrogens (tertiary/aromatic N) is 1. The topological polar surface area (TPSA) is 102 Å². The van der Waals surface area contributed by atoms with Gasteiger partial charge in [0.05, 0.1) is 11.0 Å². The molecule has 0 spiro atoms. The van der Waals surface area contributed by atoms with Crippen LogP contribution in [0.4, 0.5) is 5.69 Å². The molecule has 1 unspecified atom stereocenters. The molecular weight excluding hydrogens is 264 g/mol. The summed E-state index contributed by atoms with van der Waals surface area (Å²) in [5.74, 6) is -0.0354. The Kier molecular flexibility index (Phi) is 5.45. The van der Waals surface area contributed by atoms with Gasteiger partial charge in [0.1, 0.15) is 5.75 Å². The number of aliphatic hydroxyl groups is 1. The summed E-state index contributed by atoms with van der Waals surface area (Å²) in [4.78, 5) is 21.8. The van der Waals surface area contributed by atoms with Gasteiger partial charge in [-0.2, -0.15) is 0 Å². The van der Waals surface area contributed by atoms with Gasteiger partial charge in [0.2, 0.25) is 0 Å². The largest absolute Gasteiger partial charge is 0.481 e. The summed E-state index contributed by atoms with van der Waals surface area (Å²) in [6.45, 7) is 5.31. The second-order valence-electron chi connectivity index (χ2n) is 4.31. The van der Waals surface area contributed by atoms with Gasteiger partial charge >= 0.3 is 0 Å². The van der Waals surface area contributed by atoms with Crippen molar-refractivity contribution in [2.24, 2.45) is 0 Å². The second kappa shape index (κ2) is 6.85. The molecule has 7 nitrogen and oxygen atoms in total. The molecule has 0 saturated carbocycles. The van der Waals surface area contributed by atoms with Crippen LogP contribution >= 0.6 is 0 Å². The number of benzene rings is 1. The van der Waals surface area contributed by atoms with Crippen molar-refractivity contribution in [3.63, 3.8) is 0 Å². The fourth-order valence-electron chi connectivity index (χ4n) is 1.65. The summed E-state index contributed by atoms with van der Waals surface area (Å²) >= 11 is 0. The van der Waals surface area contributed by atoms with E-state index in [-0.39, 0.29) is 22.9 Å². The second-order valence-corrected chi connectivity index (χ2v) is 4.31. The van der Waals surface area contributed by atoms with Crippen LogP contribution in [0.25, 0.3) is 0 Å². The van der Waals surface area contributed by atoms with Crippen molar-refractivity contribution in [1.82, 2.24) is 5.32 Å². The number of amides is 1. The van der Waals surface area contributed by atoms with Gasteiger partial charge in [-0.15, -0.1) is 0 Å². The zero-order valence-electron chi connectivity index (χ0n) is 11.6. The molecule has 2 N–H and O–H groups in total. The predicted octanol–water partition coefficient (Wildman–Crippen LogP) is 1.55. The summed E-state index contributed by atoms with van der Waals surface area (Å²) in [5.41, 5.74) is 0.134. The highest BCUT2D eigenvalue weighted by atomic mass is 16.6. The van der Waals surface area contributed by atoms with Crippen LogP contribution in [-0.4, -0.2) is 28.6 Å². The lowest BCUT2D eigenvalue weighted by molar-refractivity contribution is -0.385. The summed E-state index contributed by atoms with van der Waals surface area (Å²) in [6.07, 6.45) is -1.69. The van der Waals surface area contributed by atoms with Crippen LogP contribution in [0.15, 0.2) is 18.2 Å². The molecule has 1 aromatic carbocycles.